The van der Waals surface area contributed by atoms with Gasteiger partial charge in [-0.05, 0) is 44.0 Å². The number of ether oxygens (including phenoxy) is 2. The van der Waals surface area contributed by atoms with Crippen molar-refractivity contribution in [3.05, 3.63) is 65.7 Å². The summed E-state index contributed by atoms with van der Waals surface area (Å²) in [6.07, 6.45) is -0.371. The van der Waals surface area contributed by atoms with E-state index in [1.807, 2.05) is 30.3 Å². The van der Waals surface area contributed by atoms with Gasteiger partial charge in [0.2, 0.25) is 5.91 Å². The Hall–Kier alpha value is -3.55. The molecule has 2 aromatic carbocycles. The van der Waals surface area contributed by atoms with Crippen LogP contribution in [-0.4, -0.2) is 47.9 Å². The van der Waals surface area contributed by atoms with Crippen molar-refractivity contribution >= 4 is 18.0 Å². The molecule has 172 valence electrons. The number of benzene rings is 2. The minimum absolute atomic E-state index is 0.0943. The largest absolute Gasteiger partial charge is 0.508 e. The highest BCUT2D eigenvalue weighted by Gasteiger charge is 2.29. The third-order valence-electron chi connectivity index (χ3n) is 4.47. The van der Waals surface area contributed by atoms with Crippen molar-refractivity contribution in [2.24, 2.45) is 0 Å². The Morgan fingerprint density at radius 2 is 1.44 bits per heavy atom. The number of alkyl carbamates (subject to hydrolysis) is 1. The zero-order valence-corrected chi connectivity index (χ0v) is 18.8. The molecule has 0 spiro atoms. The molecule has 0 radical (unpaired) electrons. The average Bonchev–Trinajstić information content (AvgIpc) is 2.73. The quantitative estimate of drug-likeness (QED) is 0.542. The number of hydrogen-bond acceptors (Lipinski definition) is 6. The van der Waals surface area contributed by atoms with E-state index >= 15 is 0 Å². The number of esters is 1. The molecule has 0 aliphatic heterocycles. The Morgan fingerprint density at radius 3 is 2.00 bits per heavy atom. The van der Waals surface area contributed by atoms with Crippen LogP contribution in [0.15, 0.2) is 54.6 Å². The molecule has 2 amide bonds. The number of hydrogen-bond donors (Lipinski definition) is 3. The van der Waals surface area contributed by atoms with Crippen LogP contribution >= 0.6 is 0 Å². The molecule has 2 atom stereocenters. The molecular formula is C24H30N2O6. The van der Waals surface area contributed by atoms with Crippen molar-refractivity contribution in [3.63, 3.8) is 0 Å². The molecule has 0 aromatic heterocycles. The van der Waals surface area contributed by atoms with Gasteiger partial charge in [0.1, 0.15) is 23.4 Å². The molecule has 2 aromatic rings. The molecule has 0 heterocycles. The Bertz CT molecular complexity index is 906. The van der Waals surface area contributed by atoms with E-state index in [1.165, 1.54) is 19.2 Å². The normalized spacial score (nSPS) is 12.9. The Labute approximate surface area is 187 Å². The van der Waals surface area contributed by atoms with E-state index in [1.54, 1.807) is 32.9 Å². The summed E-state index contributed by atoms with van der Waals surface area (Å²) in [7, 11) is 1.23. The maximum atomic E-state index is 13.1. The second-order valence-electron chi connectivity index (χ2n) is 8.34. The van der Waals surface area contributed by atoms with Crippen LogP contribution in [0, 0.1) is 0 Å². The monoisotopic (exact) mass is 442 g/mol. The maximum absolute atomic E-state index is 13.1. The number of phenols is 1. The second-order valence-corrected chi connectivity index (χ2v) is 8.34. The van der Waals surface area contributed by atoms with Gasteiger partial charge in [-0.2, -0.15) is 0 Å². The summed E-state index contributed by atoms with van der Waals surface area (Å²) in [6.45, 7) is 5.18. The molecule has 0 saturated heterocycles. The van der Waals surface area contributed by atoms with Gasteiger partial charge in [0.15, 0.2) is 0 Å². The van der Waals surface area contributed by atoms with E-state index in [2.05, 4.69) is 10.6 Å². The molecule has 0 unspecified atom stereocenters. The van der Waals surface area contributed by atoms with Gasteiger partial charge < -0.3 is 25.2 Å². The number of carbonyl (C=O) groups is 3. The molecule has 8 nitrogen and oxygen atoms in total. The van der Waals surface area contributed by atoms with E-state index in [4.69, 9.17) is 9.47 Å². The van der Waals surface area contributed by atoms with Crippen molar-refractivity contribution in [3.8, 4) is 5.75 Å². The molecule has 2 rings (SSSR count). The Kier molecular flexibility index (Phi) is 8.63. The number of amides is 2. The highest BCUT2D eigenvalue weighted by Crippen LogP contribution is 2.13. The fourth-order valence-electron chi connectivity index (χ4n) is 2.98. The maximum Gasteiger partial charge on any atom is 0.408 e. The fourth-order valence-corrected chi connectivity index (χ4v) is 2.98. The number of carbonyl (C=O) groups excluding carboxylic acids is 3. The highest BCUT2D eigenvalue weighted by atomic mass is 16.6. The summed E-state index contributed by atoms with van der Waals surface area (Å²) >= 11 is 0. The van der Waals surface area contributed by atoms with E-state index in [0.29, 0.717) is 0 Å². The van der Waals surface area contributed by atoms with E-state index in [9.17, 15) is 19.5 Å². The predicted octanol–water partition coefficient (Wildman–Crippen LogP) is 2.73. The lowest BCUT2D eigenvalue weighted by Gasteiger charge is -2.25. The van der Waals surface area contributed by atoms with Gasteiger partial charge in [-0.25, -0.2) is 9.59 Å². The van der Waals surface area contributed by atoms with Crippen LogP contribution < -0.4 is 10.6 Å². The Balaban J connectivity index is 2.19. The van der Waals surface area contributed by atoms with Gasteiger partial charge in [0.05, 0.1) is 7.11 Å². The zero-order valence-electron chi connectivity index (χ0n) is 18.8. The predicted molar refractivity (Wildman–Crippen MR) is 119 cm³/mol. The van der Waals surface area contributed by atoms with E-state index in [-0.39, 0.29) is 18.6 Å². The number of phenolic OH excluding ortho intramolecular Hbond substituents is 1. The minimum atomic E-state index is -0.976. The third kappa shape index (κ3) is 8.29. The lowest BCUT2D eigenvalue weighted by molar-refractivity contribution is -0.145. The molecule has 0 fully saturated rings. The standard InChI is InChI=1S/C24H30N2O6/c1-24(2,3)32-23(30)26-19(14-16-8-6-5-7-9-16)21(28)25-20(22(29)31-4)15-17-10-12-18(27)13-11-17/h5-13,19-20,27H,14-15H2,1-4H3,(H,25,28)(H,26,30)/t19-,20-/m0/s1. The van der Waals surface area contributed by atoms with Gasteiger partial charge in [-0.1, -0.05) is 42.5 Å². The second kappa shape index (κ2) is 11.2. The summed E-state index contributed by atoms with van der Waals surface area (Å²) in [5.41, 5.74) is 0.820. The average molecular weight is 443 g/mol. The first-order valence-corrected chi connectivity index (χ1v) is 10.3. The summed E-state index contributed by atoms with van der Waals surface area (Å²) in [5, 5.41) is 14.7. The molecule has 8 heteroatoms. The number of methoxy groups -OCH3 is 1. The fraction of sp³-hybridized carbons (Fsp3) is 0.375. The third-order valence-corrected chi connectivity index (χ3v) is 4.47. The van der Waals surface area contributed by atoms with Crippen LogP contribution in [0.3, 0.4) is 0 Å². The van der Waals surface area contributed by atoms with Crippen molar-refractivity contribution in [1.82, 2.24) is 10.6 Å². The Morgan fingerprint density at radius 1 is 0.875 bits per heavy atom. The zero-order chi connectivity index (χ0) is 23.7. The molecule has 0 bridgehead atoms. The van der Waals surface area contributed by atoms with Gasteiger partial charge >= 0.3 is 12.1 Å². The molecule has 3 N–H and O–H groups in total. The number of rotatable bonds is 8. The molecular weight excluding hydrogens is 412 g/mol. The van der Waals surface area contributed by atoms with Gasteiger partial charge in [0, 0.05) is 12.8 Å². The van der Waals surface area contributed by atoms with Crippen LogP contribution in [0.5, 0.6) is 5.75 Å². The van der Waals surface area contributed by atoms with Crippen LogP contribution in [-0.2, 0) is 31.9 Å². The number of aromatic hydroxyl groups is 1. The topological polar surface area (TPSA) is 114 Å². The van der Waals surface area contributed by atoms with Crippen molar-refractivity contribution < 1.29 is 29.0 Å². The number of nitrogens with one attached hydrogen (secondary N) is 2. The summed E-state index contributed by atoms with van der Waals surface area (Å²) in [5.74, 6) is -1.08. The van der Waals surface area contributed by atoms with Gasteiger partial charge in [-0.15, -0.1) is 0 Å². The lowest BCUT2D eigenvalue weighted by Crippen LogP contribution is -2.53. The van der Waals surface area contributed by atoms with E-state index in [0.717, 1.165) is 11.1 Å². The van der Waals surface area contributed by atoms with E-state index < -0.39 is 35.7 Å². The van der Waals surface area contributed by atoms with Crippen LogP contribution in [0.25, 0.3) is 0 Å². The summed E-state index contributed by atoms with van der Waals surface area (Å²) in [6, 6.07) is 13.5. The summed E-state index contributed by atoms with van der Waals surface area (Å²) < 4.78 is 10.1. The van der Waals surface area contributed by atoms with Gasteiger partial charge in [-0.3, -0.25) is 4.79 Å². The first-order chi connectivity index (χ1) is 15.1. The first-order valence-electron chi connectivity index (χ1n) is 10.3. The van der Waals surface area contributed by atoms with Crippen LogP contribution in [0.1, 0.15) is 31.9 Å². The minimum Gasteiger partial charge on any atom is -0.508 e. The smallest absolute Gasteiger partial charge is 0.408 e. The van der Waals surface area contributed by atoms with Gasteiger partial charge in [0.25, 0.3) is 0 Å². The molecule has 32 heavy (non-hydrogen) atoms. The lowest BCUT2D eigenvalue weighted by atomic mass is 10.0. The molecule has 0 aliphatic rings. The molecule has 0 aliphatic carbocycles. The van der Waals surface area contributed by atoms with Crippen LogP contribution in [0.4, 0.5) is 4.79 Å². The van der Waals surface area contributed by atoms with Crippen molar-refractivity contribution in [2.75, 3.05) is 7.11 Å². The van der Waals surface area contributed by atoms with Crippen molar-refractivity contribution in [2.45, 2.75) is 51.3 Å². The van der Waals surface area contributed by atoms with Crippen LogP contribution in [0.2, 0.25) is 0 Å². The molecule has 0 saturated carbocycles. The highest BCUT2D eigenvalue weighted by molar-refractivity contribution is 5.90. The SMILES string of the molecule is COC(=O)[C@H](Cc1ccc(O)cc1)NC(=O)[C@H](Cc1ccccc1)NC(=O)OC(C)(C)C. The first kappa shape index (κ1) is 24.7. The van der Waals surface area contributed by atoms with Crippen molar-refractivity contribution in [1.29, 1.82) is 0 Å². The summed E-state index contributed by atoms with van der Waals surface area (Å²) in [4.78, 5) is 37.7.